The highest BCUT2D eigenvalue weighted by atomic mass is 16.3. The smallest absolute Gasteiger partial charge is 0.0597 e. The average Bonchev–Trinajstić information content (AvgIpc) is 2.75. The Kier molecular flexibility index (Phi) is 3.46. The van der Waals surface area contributed by atoms with E-state index in [1.54, 1.807) is 0 Å². The number of aliphatic hydroxyl groups excluding tert-OH is 3. The third kappa shape index (κ3) is 1.91. The van der Waals surface area contributed by atoms with Gasteiger partial charge in [-0.25, -0.2) is 0 Å². The van der Waals surface area contributed by atoms with E-state index in [0.717, 1.165) is 38.5 Å². The van der Waals surface area contributed by atoms with Gasteiger partial charge in [-0.2, -0.15) is 0 Å². The van der Waals surface area contributed by atoms with E-state index < -0.39 is 0 Å². The summed E-state index contributed by atoms with van der Waals surface area (Å²) < 4.78 is 0. The molecule has 0 unspecified atom stereocenters. The third-order valence-corrected chi connectivity index (χ3v) is 8.52. The molecule has 22 heavy (non-hydrogen) atoms. The molecule has 9 atom stereocenters. The van der Waals surface area contributed by atoms with E-state index in [4.69, 9.17) is 0 Å². The van der Waals surface area contributed by atoms with Gasteiger partial charge in [0, 0.05) is 0 Å². The van der Waals surface area contributed by atoms with E-state index in [0.29, 0.717) is 23.7 Å². The van der Waals surface area contributed by atoms with Crippen LogP contribution in [-0.2, 0) is 0 Å². The minimum Gasteiger partial charge on any atom is -0.393 e. The molecule has 3 nitrogen and oxygen atoms in total. The second kappa shape index (κ2) is 4.94. The van der Waals surface area contributed by atoms with Crippen molar-refractivity contribution < 1.29 is 15.3 Å². The monoisotopic (exact) mass is 308 g/mol. The fraction of sp³-hybridized carbons (Fsp3) is 1.00. The van der Waals surface area contributed by atoms with Crippen LogP contribution in [0.5, 0.6) is 0 Å². The molecule has 0 aromatic heterocycles. The van der Waals surface area contributed by atoms with E-state index in [1.165, 1.54) is 12.8 Å². The first kappa shape index (κ1) is 15.4. The molecule has 0 heterocycles. The molecular formula is C19H32O3. The first-order valence-electron chi connectivity index (χ1n) is 9.40. The lowest BCUT2D eigenvalue weighted by molar-refractivity contribution is -0.183. The fourth-order valence-corrected chi connectivity index (χ4v) is 7.33. The molecule has 126 valence electrons. The number of fused-ring (bicyclic) bond motifs is 5. The van der Waals surface area contributed by atoms with Crippen molar-refractivity contribution in [3.8, 4) is 0 Å². The third-order valence-electron chi connectivity index (χ3n) is 8.52. The first-order chi connectivity index (χ1) is 10.4. The summed E-state index contributed by atoms with van der Waals surface area (Å²) in [5, 5.41) is 31.6. The van der Waals surface area contributed by atoms with Gasteiger partial charge in [-0.1, -0.05) is 13.8 Å². The number of rotatable bonds is 0. The van der Waals surface area contributed by atoms with Crippen LogP contribution in [0.15, 0.2) is 0 Å². The minimum atomic E-state index is -0.276. The second-order valence-electron chi connectivity index (χ2n) is 9.37. The zero-order chi connectivity index (χ0) is 15.7. The average molecular weight is 308 g/mol. The standard InChI is InChI=1S/C19H32O3/c1-18-8-7-12(20)9-11(18)3-4-13-14-5-6-16(22)19(14,2)10-15(21)17(13)18/h11-17,20-22H,3-10H2,1-2H3/t11-,12+,13-,14+,15-,16-,17+,18-,19-/m0/s1. The van der Waals surface area contributed by atoms with Crippen LogP contribution in [0.1, 0.15) is 65.2 Å². The van der Waals surface area contributed by atoms with Crippen LogP contribution in [0.25, 0.3) is 0 Å². The number of aliphatic hydroxyl groups is 3. The summed E-state index contributed by atoms with van der Waals surface area (Å²) in [4.78, 5) is 0. The summed E-state index contributed by atoms with van der Waals surface area (Å²) in [6.07, 6.45) is 7.44. The van der Waals surface area contributed by atoms with Crippen LogP contribution in [0.3, 0.4) is 0 Å². The molecule has 4 aliphatic rings. The van der Waals surface area contributed by atoms with Crippen molar-refractivity contribution in [1.82, 2.24) is 0 Å². The van der Waals surface area contributed by atoms with Crippen molar-refractivity contribution in [2.24, 2.45) is 34.5 Å². The quantitative estimate of drug-likeness (QED) is 0.645. The molecule has 0 bridgehead atoms. The maximum absolute atomic E-state index is 11.0. The molecular weight excluding hydrogens is 276 g/mol. The van der Waals surface area contributed by atoms with Crippen LogP contribution in [0.2, 0.25) is 0 Å². The van der Waals surface area contributed by atoms with E-state index >= 15 is 0 Å². The molecule has 4 saturated carbocycles. The van der Waals surface area contributed by atoms with Crippen LogP contribution in [-0.4, -0.2) is 33.6 Å². The molecule has 0 amide bonds. The number of hydrogen-bond acceptors (Lipinski definition) is 3. The molecule has 0 aliphatic heterocycles. The predicted molar refractivity (Wildman–Crippen MR) is 85.1 cm³/mol. The van der Waals surface area contributed by atoms with Crippen molar-refractivity contribution in [3.05, 3.63) is 0 Å². The van der Waals surface area contributed by atoms with Gasteiger partial charge in [-0.3, -0.25) is 0 Å². The predicted octanol–water partition coefficient (Wildman–Crippen LogP) is 2.72. The second-order valence-corrected chi connectivity index (χ2v) is 9.37. The highest BCUT2D eigenvalue weighted by Crippen LogP contribution is 2.66. The summed E-state index contributed by atoms with van der Waals surface area (Å²) >= 11 is 0. The Hall–Kier alpha value is -0.120. The van der Waals surface area contributed by atoms with Gasteiger partial charge < -0.3 is 15.3 Å². The van der Waals surface area contributed by atoms with Crippen molar-refractivity contribution in [2.45, 2.75) is 83.5 Å². The fourth-order valence-electron chi connectivity index (χ4n) is 7.33. The molecule has 0 aromatic carbocycles. The molecule has 4 fully saturated rings. The van der Waals surface area contributed by atoms with E-state index in [1.807, 2.05) is 0 Å². The Bertz CT molecular complexity index is 452. The summed E-state index contributed by atoms with van der Waals surface area (Å²) in [6.45, 7) is 4.60. The largest absolute Gasteiger partial charge is 0.393 e. The van der Waals surface area contributed by atoms with E-state index in [9.17, 15) is 15.3 Å². The maximum Gasteiger partial charge on any atom is 0.0597 e. The van der Waals surface area contributed by atoms with Gasteiger partial charge in [-0.15, -0.1) is 0 Å². The molecule has 0 spiro atoms. The molecule has 4 rings (SSSR count). The normalized spacial score (nSPS) is 61.2. The Morgan fingerprint density at radius 2 is 1.64 bits per heavy atom. The lowest BCUT2D eigenvalue weighted by Crippen LogP contribution is -2.59. The van der Waals surface area contributed by atoms with Crippen LogP contribution >= 0.6 is 0 Å². The summed E-state index contributed by atoms with van der Waals surface area (Å²) in [5.41, 5.74) is 0.119. The van der Waals surface area contributed by atoms with Crippen LogP contribution in [0, 0.1) is 34.5 Å². The lowest BCUT2D eigenvalue weighted by atomic mass is 9.44. The summed E-state index contributed by atoms with van der Waals surface area (Å²) in [5.74, 6) is 2.10. The van der Waals surface area contributed by atoms with Gasteiger partial charge in [0.1, 0.15) is 0 Å². The SMILES string of the molecule is C[C@]12CC[C@@H](O)C[C@@H]1CC[C@@H]1[C@@H]2[C@@H](O)C[C@@]2(C)[C@@H]1CC[C@@H]2O. The summed E-state index contributed by atoms with van der Waals surface area (Å²) in [7, 11) is 0. The summed E-state index contributed by atoms with van der Waals surface area (Å²) in [6, 6.07) is 0. The molecule has 0 radical (unpaired) electrons. The van der Waals surface area contributed by atoms with Gasteiger partial charge in [0.05, 0.1) is 18.3 Å². The van der Waals surface area contributed by atoms with Crippen LogP contribution in [0.4, 0.5) is 0 Å². The molecule has 3 N–H and O–H groups in total. The van der Waals surface area contributed by atoms with Crippen LogP contribution < -0.4 is 0 Å². The highest BCUT2D eigenvalue weighted by Gasteiger charge is 2.62. The zero-order valence-corrected chi connectivity index (χ0v) is 14.0. The van der Waals surface area contributed by atoms with Gasteiger partial charge in [0.15, 0.2) is 0 Å². The lowest BCUT2D eigenvalue weighted by Gasteiger charge is -2.62. The Morgan fingerprint density at radius 1 is 0.864 bits per heavy atom. The van der Waals surface area contributed by atoms with Gasteiger partial charge >= 0.3 is 0 Å². The Labute approximate surface area is 134 Å². The van der Waals surface area contributed by atoms with Crippen molar-refractivity contribution >= 4 is 0 Å². The molecule has 0 saturated heterocycles. The number of hydrogen-bond donors (Lipinski definition) is 3. The highest BCUT2D eigenvalue weighted by molar-refractivity contribution is 5.12. The first-order valence-corrected chi connectivity index (χ1v) is 9.40. The van der Waals surface area contributed by atoms with Crippen molar-refractivity contribution in [1.29, 1.82) is 0 Å². The van der Waals surface area contributed by atoms with Gasteiger partial charge in [-0.05, 0) is 85.9 Å². The van der Waals surface area contributed by atoms with Gasteiger partial charge in [0.25, 0.3) is 0 Å². The Balaban J connectivity index is 1.68. The maximum atomic E-state index is 11.0. The van der Waals surface area contributed by atoms with E-state index in [-0.39, 0.29) is 29.1 Å². The molecule has 0 aromatic rings. The minimum absolute atomic E-state index is 0.0715. The molecule has 4 aliphatic carbocycles. The van der Waals surface area contributed by atoms with Crippen molar-refractivity contribution in [3.63, 3.8) is 0 Å². The molecule has 3 heteroatoms. The van der Waals surface area contributed by atoms with E-state index in [2.05, 4.69) is 13.8 Å². The zero-order valence-electron chi connectivity index (χ0n) is 14.0. The topological polar surface area (TPSA) is 60.7 Å². The Morgan fingerprint density at radius 3 is 2.41 bits per heavy atom. The van der Waals surface area contributed by atoms with Gasteiger partial charge in [0.2, 0.25) is 0 Å². The van der Waals surface area contributed by atoms with Crippen molar-refractivity contribution in [2.75, 3.05) is 0 Å².